The van der Waals surface area contributed by atoms with Crippen molar-refractivity contribution in [2.24, 2.45) is 5.10 Å². The van der Waals surface area contributed by atoms with Crippen LogP contribution in [0.25, 0.3) is 16.9 Å². The van der Waals surface area contributed by atoms with Crippen LogP contribution in [0.1, 0.15) is 15.9 Å². The standard InChI is InChI=1S/C24H19FN4O2/c1-31-20-13-11-17(12-14-20)23-18(16-29(28-23)19-7-3-2-4-8-19)15-26-27-24(30)21-9-5-6-10-22(21)25/h2-16H,1H3,(H,27,30)/b26-15-. The number of rotatable bonds is 6. The minimum atomic E-state index is -0.629. The van der Waals surface area contributed by atoms with Gasteiger partial charge >= 0.3 is 0 Å². The average Bonchev–Trinajstić information content (AvgIpc) is 3.24. The van der Waals surface area contributed by atoms with Crippen molar-refractivity contribution in [1.29, 1.82) is 0 Å². The van der Waals surface area contributed by atoms with Crippen LogP contribution in [0.2, 0.25) is 0 Å². The number of methoxy groups -OCH3 is 1. The maximum atomic E-state index is 13.8. The van der Waals surface area contributed by atoms with Gasteiger partial charge in [-0.05, 0) is 48.5 Å². The van der Waals surface area contributed by atoms with E-state index in [1.807, 2.05) is 60.8 Å². The third-order valence-electron chi connectivity index (χ3n) is 4.61. The van der Waals surface area contributed by atoms with Gasteiger partial charge in [-0.2, -0.15) is 10.2 Å². The van der Waals surface area contributed by atoms with E-state index in [1.54, 1.807) is 17.9 Å². The average molecular weight is 414 g/mol. The summed E-state index contributed by atoms with van der Waals surface area (Å²) >= 11 is 0. The quantitative estimate of drug-likeness (QED) is 0.374. The van der Waals surface area contributed by atoms with E-state index >= 15 is 0 Å². The van der Waals surface area contributed by atoms with Gasteiger partial charge in [0.05, 0.1) is 24.6 Å². The van der Waals surface area contributed by atoms with Gasteiger partial charge in [-0.1, -0.05) is 30.3 Å². The van der Waals surface area contributed by atoms with Crippen LogP contribution in [0.4, 0.5) is 4.39 Å². The van der Waals surface area contributed by atoms with Gasteiger partial charge in [-0.25, -0.2) is 14.5 Å². The number of para-hydroxylation sites is 1. The fourth-order valence-corrected chi connectivity index (χ4v) is 3.03. The molecule has 0 saturated heterocycles. The highest BCUT2D eigenvalue weighted by atomic mass is 19.1. The number of carbonyl (C=O) groups is 1. The van der Waals surface area contributed by atoms with Crippen molar-refractivity contribution in [2.45, 2.75) is 0 Å². The van der Waals surface area contributed by atoms with Crippen LogP contribution in [0.3, 0.4) is 0 Å². The molecule has 1 aromatic heterocycles. The smallest absolute Gasteiger partial charge is 0.274 e. The second-order valence-corrected chi connectivity index (χ2v) is 6.62. The molecule has 6 nitrogen and oxygen atoms in total. The molecule has 0 aliphatic rings. The Kier molecular flexibility index (Phi) is 5.84. The summed E-state index contributed by atoms with van der Waals surface area (Å²) in [4.78, 5) is 12.2. The molecule has 1 heterocycles. The van der Waals surface area contributed by atoms with Gasteiger partial charge in [0.2, 0.25) is 0 Å². The van der Waals surface area contributed by atoms with Crippen molar-refractivity contribution < 1.29 is 13.9 Å². The topological polar surface area (TPSA) is 68.5 Å². The lowest BCUT2D eigenvalue weighted by Gasteiger charge is -2.03. The van der Waals surface area contributed by atoms with Crippen LogP contribution in [0, 0.1) is 5.82 Å². The normalized spacial score (nSPS) is 10.9. The number of nitrogens with zero attached hydrogens (tertiary/aromatic N) is 3. The van der Waals surface area contributed by atoms with Crippen LogP contribution in [-0.2, 0) is 0 Å². The van der Waals surface area contributed by atoms with E-state index in [-0.39, 0.29) is 5.56 Å². The highest BCUT2D eigenvalue weighted by molar-refractivity contribution is 5.95. The SMILES string of the molecule is COc1ccc(-c2nn(-c3ccccc3)cc2/C=N\NC(=O)c2ccccc2F)cc1. The zero-order chi connectivity index (χ0) is 21.6. The number of benzene rings is 3. The molecule has 4 aromatic rings. The highest BCUT2D eigenvalue weighted by Gasteiger charge is 2.13. The molecule has 3 aromatic carbocycles. The lowest BCUT2D eigenvalue weighted by atomic mass is 10.1. The van der Waals surface area contributed by atoms with Gasteiger partial charge in [0.1, 0.15) is 17.3 Å². The zero-order valence-corrected chi connectivity index (χ0v) is 16.7. The molecule has 7 heteroatoms. The number of hydrogen-bond donors (Lipinski definition) is 1. The summed E-state index contributed by atoms with van der Waals surface area (Å²) in [5.74, 6) is -0.500. The first-order valence-electron chi connectivity index (χ1n) is 9.53. The van der Waals surface area contributed by atoms with Crippen molar-refractivity contribution in [1.82, 2.24) is 15.2 Å². The molecule has 0 atom stereocenters. The second kappa shape index (κ2) is 9.04. The number of carbonyl (C=O) groups excluding carboxylic acids is 1. The Morgan fingerprint density at radius 1 is 1.03 bits per heavy atom. The molecule has 154 valence electrons. The second-order valence-electron chi connectivity index (χ2n) is 6.62. The molecule has 0 fully saturated rings. The van der Waals surface area contributed by atoms with Crippen LogP contribution in [0.15, 0.2) is 90.2 Å². The van der Waals surface area contributed by atoms with Gasteiger partial charge in [0.25, 0.3) is 5.91 Å². The monoisotopic (exact) mass is 414 g/mol. The number of aromatic nitrogens is 2. The maximum absolute atomic E-state index is 13.8. The first-order chi connectivity index (χ1) is 15.2. The number of amides is 1. The number of hydrazone groups is 1. The van der Waals surface area contributed by atoms with Crippen molar-refractivity contribution in [3.05, 3.63) is 102 Å². The summed E-state index contributed by atoms with van der Waals surface area (Å²) in [5, 5.41) is 8.70. The third-order valence-corrected chi connectivity index (χ3v) is 4.61. The molecule has 0 aliphatic heterocycles. The van der Waals surface area contributed by atoms with E-state index in [0.717, 1.165) is 17.0 Å². The summed E-state index contributed by atoms with van der Waals surface area (Å²) in [5.41, 5.74) is 5.39. The minimum Gasteiger partial charge on any atom is -0.497 e. The number of nitrogens with one attached hydrogen (secondary N) is 1. The highest BCUT2D eigenvalue weighted by Crippen LogP contribution is 2.25. The predicted molar refractivity (Wildman–Crippen MR) is 117 cm³/mol. The molecule has 1 N–H and O–H groups in total. The molecule has 0 bridgehead atoms. The summed E-state index contributed by atoms with van der Waals surface area (Å²) in [6.45, 7) is 0. The molecule has 0 spiro atoms. The van der Waals surface area contributed by atoms with E-state index in [4.69, 9.17) is 4.74 Å². The Bertz CT molecular complexity index is 1220. The van der Waals surface area contributed by atoms with Crippen molar-refractivity contribution >= 4 is 12.1 Å². The van der Waals surface area contributed by atoms with Gasteiger partial charge < -0.3 is 4.74 Å². The molecule has 0 unspecified atom stereocenters. The Labute approximate surface area is 178 Å². The predicted octanol–water partition coefficient (Wildman–Crippen LogP) is 4.45. The molecular formula is C24H19FN4O2. The first kappa shape index (κ1) is 20.0. The maximum Gasteiger partial charge on any atom is 0.274 e. The van der Waals surface area contributed by atoms with E-state index in [9.17, 15) is 9.18 Å². The molecular weight excluding hydrogens is 395 g/mol. The number of hydrogen-bond acceptors (Lipinski definition) is 4. The Balaban J connectivity index is 1.64. The van der Waals surface area contributed by atoms with E-state index in [0.29, 0.717) is 11.3 Å². The lowest BCUT2D eigenvalue weighted by Crippen LogP contribution is -2.18. The Hall–Kier alpha value is -4.26. The first-order valence-corrected chi connectivity index (χ1v) is 9.53. The van der Waals surface area contributed by atoms with E-state index < -0.39 is 11.7 Å². The van der Waals surface area contributed by atoms with E-state index in [2.05, 4.69) is 15.6 Å². The molecule has 0 saturated carbocycles. The summed E-state index contributed by atoms with van der Waals surface area (Å²) in [6.07, 6.45) is 3.30. The fourth-order valence-electron chi connectivity index (χ4n) is 3.03. The van der Waals surface area contributed by atoms with Gasteiger partial charge in [0, 0.05) is 17.3 Å². The summed E-state index contributed by atoms with van der Waals surface area (Å²) in [6, 6.07) is 22.9. The molecule has 0 radical (unpaired) electrons. The van der Waals surface area contributed by atoms with Gasteiger partial charge in [0.15, 0.2) is 0 Å². The Morgan fingerprint density at radius 3 is 2.45 bits per heavy atom. The molecule has 1 amide bonds. The van der Waals surface area contributed by atoms with Gasteiger partial charge in [-0.15, -0.1) is 0 Å². The van der Waals surface area contributed by atoms with Gasteiger partial charge in [-0.3, -0.25) is 4.79 Å². The minimum absolute atomic E-state index is 0.0741. The third kappa shape index (κ3) is 4.51. The largest absolute Gasteiger partial charge is 0.497 e. The number of ether oxygens (including phenoxy) is 1. The zero-order valence-electron chi connectivity index (χ0n) is 16.7. The van der Waals surface area contributed by atoms with Crippen molar-refractivity contribution in [2.75, 3.05) is 7.11 Å². The van der Waals surface area contributed by atoms with Crippen molar-refractivity contribution in [3.8, 4) is 22.7 Å². The van der Waals surface area contributed by atoms with Crippen LogP contribution < -0.4 is 10.2 Å². The Morgan fingerprint density at radius 2 is 1.74 bits per heavy atom. The lowest BCUT2D eigenvalue weighted by molar-refractivity contribution is 0.0951. The van der Waals surface area contributed by atoms with Crippen LogP contribution in [0.5, 0.6) is 5.75 Å². The van der Waals surface area contributed by atoms with Crippen molar-refractivity contribution in [3.63, 3.8) is 0 Å². The molecule has 31 heavy (non-hydrogen) atoms. The summed E-state index contributed by atoms with van der Waals surface area (Å²) in [7, 11) is 1.61. The van der Waals surface area contributed by atoms with E-state index in [1.165, 1.54) is 24.4 Å². The number of halogens is 1. The fraction of sp³-hybridized carbons (Fsp3) is 0.0417. The van der Waals surface area contributed by atoms with Crippen LogP contribution in [-0.4, -0.2) is 29.0 Å². The van der Waals surface area contributed by atoms with Crippen LogP contribution >= 0.6 is 0 Å². The molecule has 4 rings (SSSR count). The molecule has 0 aliphatic carbocycles. The summed E-state index contributed by atoms with van der Waals surface area (Å²) < 4.78 is 20.8.